The molecule has 3 saturated carbocycles. The predicted octanol–water partition coefficient (Wildman–Crippen LogP) is 3.64. The molecule has 0 bridgehead atoms. The van der Waals surface area contributed by atoms with Crippen molar-refractivity contribution >= 4 is 29.3 Å². The normalized spacial score (nSPS) is 41.9. The van der Waals surface area contributed by atoms with Crippen molar-refractivity contribution in [3.63, 3.8) is 0 Å². The summed E-state index contributed by atoms with van der Waals surface area (Å²) in [7, 11) is 0. The van der Waals surface area contributed by atoms with Crippen LogP contribution in [0.25, 0.3) is 0 Å². The fraction of sp³-hybridized carbons (Fsp3) is 0.667. The smallest absolute Gasteiger partial charge is 0.306 e. The third-order valence-corrected chi connectivity index (χ3v) is 9.33. The molecule has 4 aliphatic carbocycles. The second-order valence-electron chi connectivity index (χ2n) is 11.0. The van der Waals surface area contributed by atoms with E-state index in [1.807, 2.05) is 0 Å². The lowest BCUT2D eigenvalue weighted by molar-refractivity contribution is -0.204. The second-order valence-corrected chi connectivity index (χ2v) is 11.0. The quantitative estimate of drug-likeness (QED) is 0.544. The molecule has 0 aromatic carbocycles. The van der Waals surface area contributed by atoms with Crippen LogP contribution in [-0.2, 0) is 33.4 Å². The number of Topliss-reactive ketones (excluding diaryl/α,β-unsaturated/α-hetero) is 2. The molecule has 0 amide bonds. The molecule has 0 saturated heterocycles. The lowest BCUT2D eigenvalue weighted by atomic mass is 9.45. The maximum absolute atomic E-state index is 17.2. The second kappa shape index (κ2) is 8.20. The summed E-state index contributed by atoms with van der Waals surface area (Å²) >= 11 is 0. The maximum Gasteiger partial charge on any atom is 0.306 e. The molecule has 7 unspecified atom stereocenters. The molecule has 8 heteroatoms. The molecule has 0 heterocycles. The number of hydrogen-bond acceptors (Lipinski definition) is 7. The topological polar surface area (TPSA) is 104 Å². The van der Waals surface area contributed by atoms with E-state index in [4.69, 9.17) is 9.47 Å². The van der Waals surface area contributed by atoms with E-state index < -0.39 is 70.0 Å². The molecule has 0 radical (unpaired) electrons. The van der Waals surface area contributed by atoms with Crippen molar-refractivity contribution in [2.45, 2.75) is 78.0 Å². The molecule has 0 N–H and O–H groups in total. The molecule has 35 heavy (non-hydrogen) atoms. The molecule has 4 aliphatic rings. The summed E-state index contributed by atoms with van der Waals surface area (Å²) in [6.07, 6.45) is 5.17. The van der Waals surface area contributed by atoms with Crippen molar-refractivity contribution in [1.82, 2.24) is 0 Å². The molecule has 190 valence electrons. The van der Waals surface area contributed by atoms with Gasteiger partial charge in [-0.05, 0) is 44.3 Å². The lowest BCUT2D eigenvalue weighted by Crippen LogP contribution is -2.68. The number of rotatable bonds is 5. The van der Waals surface area contributed by atoms with Gasteiger partial charge in [0.2, 0.25) is 5.78 Å². The first kappa shape index (κ1) is 25.5. The third kappa shape index (κ3) is 3.24. The Morgan fingerprint density at radius 2 is 1.86 bits per heavy atom. The van der Waals surface area contributed by atoms with Gasteiger partial charge in [0.15, 0.2) is 29.4 Å². The van der Waals surface area contributed by atoms with Gasteiger partial charge < -0.3 is 9.47 Å². The number of ether oxygens (including phenoxy) is 2. The number of hydrogen-bond donors (Lipinski definition) is 0. The van der Waals surface area contributed by atoms with Gasteiger partial charge >= 0.3 is 11.9 Å². The number of allylic oxidation sites excluding steroid dienone is 4. The standard InChI is InChI=1S/C27H33FO7/c1-6-23(33)35-27(22(32)14-34-16(3)29)15(2)11-20-19-8-7-17-12-18(30)9-10-24(17,4)26(19,28)21(31)13-25(20,27)5/h9-10,12,15,19-20H,6-8,11,13-14H2,1-5H3. The van der Waals surface area contributed by atoms with Crippen molar-refractivity contribution < 1.29 is 37.8 Å². The van der Waals surface area contributed by atoms with Crippen LogP contribution in [0.5, 0.6) is 0 Å². The number of esters is 2. The van der Waals surface area contributed by atoms with E-state index in [2.05, 4.69) is 0 Å². The van der Waals surface area contributed by atoms with Crippen molar-refractivity contribution in [3.05, 3.63) is 23.8 Å². The molecule has 0 spiro atoms. The van der Waals surface area contributed by atoms with Crippen LogP contribution in [-0.4, -0.2) is 47.2 Å². The Bertz CT molecular complexity index is 1080. The molecule has 7 atom stereocenters. The highest BCUT2D eigenvalue weighted by Gasteiger charge is 2.77. The molecule has 0 aromatic heterocycles. The average Bonchev–Trinajstić information content (AvgIpc) is 3.00. The van der Waals surface area contributed by atoms with Crippen LogP contribution in [0.1, 0.15) is 66.7 Å². The van der Waals surface area contributed by atoms with E-state index in [0.29, 0.717) is 24.8 Å². The Morgan fingerprint density at radius 1 is 1.17 bits per heavy atom. The Kier molecular flexibility index (Phi) is 5.97. The van der Waals surface area contributed by atoms with E-state index in [9.17, 15) is 24.0 Å². The number of halogens is 1. The Labute approximate surface area is 204 Å². The fourth-order valence-corrected chi connectivity index (χ4v) is 7.65. The van der Waals surface area contributed by atoms with E-state index in [-0.39, 0.29) is 18.6 Å². The van der Waals surface area contributed by atoms with Gasteiger partial charge in [-0.25, -0.2) is 4.39 Å². The largest absolute Gasteiger partial charge is 0.458 e. The number of carbonyl (C=O) groups excluding carboxylic acids is 5. The predicted molar refractivity (Wildman–Crippen MR) is 123 cm³/mol. The number of carbonyl (C=O) groups is 5. The highest BCUT2D eigenvalue weighted by Crippen LogP contribution is 2.70. The van der Waals surface area contributed by atoms with Crippen molar-refractivity contribution in [2.75, 3.05) is 6.61 Å². The summed E-state index contributed by atoms with van der Waals surface area (Å²) in [6.45, 7) is 7.38. The molecule has 3 fully saturated rings. The van der Waals surface area contributed by atoms with Crippen LogP contribution in [0.2, 0.25) is 0 Å². The minimum atomic E-state index is -2.25. The lowest BCUT2D eigenvalue weighted by Gasteiger charge is -2.59. The monoisotopic (exact) mass is 488 g/mol. The van der Waals surface area contributed by atoms with Gasteiger partial charge in [0.25, 0.3) is 0 Å². The summed E-state index contributed by atoms with van der Waals surface area (Å²) in [5, 5.41) is 0. The molecule has 0 aliphatic heterocycles. The van der Waals surface area contributed by atoms with Gasteiger partial charge in [0, 0.05) is 42.4 Å². The summed E-state index contributed by atoms with van der Waals surface area (Å²) < 4.78 is 28.1. The molecular weight excluding hydrogens is 455 g/mol. The van der Waals surface area contributed by atoms with E-state index in [1.165, 1.54) is 25.2 Å². The van der Waals surface area contributed by atoms with Crippen molar-refractivity contribution in [2.24, 2.45) is 28.6 Å². The van der Waals surface area contributed by atoms with Gasteiger partial charge in [-0.1, -0.05) is 32.4 Å². The van der Waals surface area contributed by atoms with Crippen LogP contribution < -0.4 is 0 Å². The first-order chi connectivity index (χ1) is 16.3. The van der Waals surface area contributed by atoms with Gasteiger partial charge in [-0.3, -0.25) is 24.0 Å². The van der Waals surface area contributed by atoms with Crippen LogP contribution in [0.3, 0.4) is 0 Å². The molecule has 0 aromatic rings. The van der Waals surface area contributed by atoms with Crippen LogP contribution in [0, 0.1) is 28.6 Å². The zero-order chi connectivity index (χ0) is 26.0. The zero-order valence-corrected chi connectivity index (χ0v) is 20.9. The van der Waals surface area contributed by atoms with Crippen LogP contribution in [0.4, 0.5) is 4.39 Å². The number of alkyl halides is 1. The fourth-order valence-electron chi connectivity index (χ4n) is 7.65. The average molecular weight is 489 g/mol. The van der Waals surface area contributed by atoms with Crippen molar-refractivity contribution in [3.8, 4) is 0 Å². The highest BCUT2D eigenvalue weighted by molar-refractivity contribution is 6.03. The van der Waals surface area contributed by atoms with Crippen LogP contribution >= 0.6 is 0 Å². The summed E-state index contributed by atoms with van der Waals surface area (Å²) in [5.74, 6) is -4.38. The van der Waals surface area contributed by atoms with Gasteiger partial charge in [-0.15, -0.1) is 0 Å². The Morgan fingerprint density at radius 3 is 2.49 bits per heavy atom. The molecule has 7 nitrogen and oxygen atoms in total. The van der Waals surface area contributed by atoms with E-state index >= 15 is 4.39 Å². The Balaban J connectivity index is 1.83. The van der Waals surface area contributed by atoms with Crippen molar-refractivity contribution in [1.29, 1.82) is 0 Å². The van der Waals surface area contributed by atoms with E-state index in [1.54, 1.807) is 27.7 Å². The van der Waals surface area contributed by atoms with Gasteiger partial charge in [0.1, 0.15) is 0 Å². The molecule has 4 rings (SSSR count). The summed E-state index contributed by atoms with van der Waals surface area (Å²) in [6, 6.07) is 0. The van der Waals surface area contributed by atoms with Crippen LogP contribution in [0.15, 0.2) is 23.8 Å². The zero-order valence-electron chi connectivity index (χ0n) is 20.9. The first-order valence-electron chi connectivity index (χ1n) is 12.3. The van der Waals surface area contributed by atoms with Gasteiger partial charge in [0.05, 0.1) is 0 Å². The SMILES string of the molecule is CCC(=O)OC1(C(=O)COC(C)=O)C(C)CC2C3CCC4=CC(=O)C=CC4(C)C3(F)C(=O)CC21C. The number of ketones is 3. The number of fused-ring (bicyclic) bond motifs is 5. The third-order valence-electron chi connectivity index (χ3n) is 9.33. The highest BCUT2D eigenvalue weighted by atomic mass is 19.1. The van der Waals surface area contributed by atoms with Gasteiger partial charge in [-0.2, -0.15) is 0 Å². The minimum Gasteiger partial charge on any atom is -0.458 e. The Hall–Kier alpha value is -2.64. The summed E-state index contributed by atoms with van der Waals surface area (Å²) in [5.41, 5.74) is -5.77. The maximum atomic E-state index is 17.2. The van der Waals surface area contributed by atoms with E-state index in [0.717, 1.165) is 0 Å². The molecular formula is C27H33FO7. The minimum absolute atomic E-state index is 0.0194. The summed E-state index contributed by atoms with van der Waals surface area (Å²) in [4.78, 5) is 63.5. The first-order valence-corrected chi connectivity index (χ1v) is 12.3.